The van der Waals surface area contributed by atoms with E-state index in [4.69, 9.17) is 0 Å². The Morgan fingerprint density at radius 1 is 1.50 bits per heavy atom. The molecule has 0 heterocycles. The third kappa shape index (κ3) is 2.02. The minimum Gasteiger partial charge on any atom is -0.0840 e. The van der Waals surface area contributed by atoms with Crippen molar-refractivity contribution in [2.45, 2.75) is 33.1 Å². The summed E-state index contributed by atoms with van der Waals surface area (Å²) in [5.74, 6) is 0.847. The average molecular weight is 136 g/mol. The molecule has 0 nitrogen and oxygen atoms in total. The first-order valence-electron chi connectivity index (χ1n) is 4.18. The van der Waals surface area contributed by atoms with Gasteiger partial charge in [0, 0.05) is 0 Å². The smallest absolute Gasteiger partial charge is 0.0311 e. The third-order valence-corrected chi connectivity index (χ3v) is 2.06. The highest BCUT2D eigenvalue weighted by Gasteiger charge is 2.00. The summed E-state index contributed by atoms with van der Waals surface area (Å²) in [6, 6.07) is 0. The fourth-order valence-corrected chi connectivity index (χ4v) is 1.23. The molecule has 0 bridgehead atoms. The van der Waals surface area contributed by atoms with Crippen LogP contribution in [0.25, 0.3) is 0 Å². The van der Waals surface area contributed by atoms with Gasteiger partial charge >= 0.3 is 0 Å². The van der Waals surface area contributed by atoms with Gasteiger partial charge in [-0.3, -0.25) is 0 Å². The minimum absolute atomic E-state index is 0.847. The Balaban J connectivity index is 2.57. The van der Waals surface area contributed by atoms with Crippen LogP contribution in [0, 0.1) is 5.92 Å². The SMILES string of the molecule is CCC1=CCC(C)CC=C1. The van der Waals surface area contributed by atoms with Gasteiger partial charge in [0.05, 0.1) is 0 Å². The van der Waals surface area contributed by atoms with E-state index < -0.39 is 0 Å². The Kier molecular flexibility index (Phi) is 2.73. The topological polar surface area (TPSA) is 0 Å². The fraction of sp³-hybridized carbons (Fsp3) is 0.600. The van der Waals surface area contributed by atoms with Crippen LogP contribution in [-0.2, 0) is 0 Å². The van der Waals surface area contributed by atoms with Crippen molar-refractivity contribution in [1.29, 1.82) is 0 Å². The number of allylic oxidation sites excluding steroid dienone is 4. The van der Waals surface area contributed by atoms with Crippen LogP contribution >= 0.6 is 0 Å². The quantitative estimate of drug-likeness (QED) is 0.518. The molecule has 1 aliphatic rings. The lowest BCUT2D eigenvalue weighted by Gasteiger charge is -2.00. The van der Waals surface area contributed by atoms with E-state index in [1.165, 1.54) is 24.8 Å². The maximum atomic E-state index is 2.37. The molecule has 1 aliphatic carbocycles. The summed E-state index contributed by atoms with van der Waals surface area (Å²) in [7, 11) is 0. The maximum absolute atomic E-state index is 2.37. The van der Waals surface area contributed by atoms with Crippen LogP contribution < -0.4 is 0 Å². The number of rotatable bonds is 1. The molecule has 1 unspecified atom stereocenters. The lowest BCUT2D eigenvalue weighted by atomic mass is 10.1. The Bertz CT molecular complexity index is 151. The van der Waals surface area contributed by atoms with Gasteiger partial charge in [0.1, 0.15) is 0 Å². The van der Waals surface area contributed by atoms with Gasteiger partial charge in [0.2, 0.25) is 0 Å². The molecule has 0 fully saturated rings. The molecule has 0 aromatic heterocycles. The van der Waals surface area contributed by atoms with E-state index in [0.29, 0.717) is 0 Å². The van der Waals surface area contributed by atoms with E-state index in [1.807, 2.05) is 0 Å². The molecule has 0 aromatic carbocycles. The Morgan fingerprint density at radius 3 is 3.00 bits per heavy atom. The van der Waals surface area contributed by atoms with E-state index in [-0.39, 0.29) is 0 Å². The first kappa shape index (κ1) is 7.59. The van der Waals surface area contributed by atoms with Gasteiger partial charge in [-0.1, -0.05) is 37.6 Å². The average Bonchev–Trinajstić information content (AvgIpc) is 2.14. The molecule has 0 amide bonds. The van der Waals surface area contributed by atoms with Gasteiger partial charge in [0.15, 0.2) is 0 Å². The normalized spacial score (nSPS) is 25.8. The van der Waals surface area contributed by atoms with Gasteiger partial charge in [0.25, 0.3) is 0 Å². The Labute approximate surface area is 63.6 Å². The highest BCUT2D eigenvalue weighted by atomic mass is 14.1. The number of hydrogen-bond donors (Lipinski definition) is 0. The molecule has 0 N–H and O–H groups in total. The van der Waals surface area contributed by atoms with E-state index in [0.717, 1.165) is 5.92 Å². The molecule has 1 atom stereocenters. The van der Waals surface area contributed by atoms with Crippen LogP contribution in [0.15, 0.2) is 23.8 Å². The second kappa shape index (κ2) is 3.60. The highest BCUT2D eigenvalue weighted by molar-refractivity contribution is 5.20. The van der Waals surface area contributed by atoms with Crippen molar-refractivity contribution in [1.82, 2.24) is 0 Å². The molecule has 0 saturated heterocycles. The first-order valence-corrected chi connectivity index (χ1v) is 4.18. The summed E-state index contributed by atoms with van der Waals surface area (Å²) in [5.41, 5.74) is 1.50. The zero-order chi connectivity index (χ0) is 7.40. The summed E-state index contributed by atoms with van der Waals surface area (Å²) in [4.78, 5) is 0. The lowest BCUT2D eigenvalue weighted by molar-refractivity contribution is 0.606. The van der Waals surface area contributed by atoms with Crippen molar-refractivity contribution in [3.63, 3.8) is 0 Å². The van der Waals surface area contributed by atoms with Crippen molar-refractivity contribution in [2.24, 2.45) is 5.92 Å². The van der Waals surface area contributed by atoms with Gasteiger partial charge in [-0.2, -0.15) is 0 Å². The second-order valence-electron chi connectivity index (χ2n) is 3.11. The van der Waals surface area contributed by atoms with Gasteiger partial charge in [-0.05, 0) is 25.2 Å². The standard InChI is InChI=1S/C10H16/c1-3-10-6-4-5-9(2)7-8-10/h4,6,8-9H,3,5,7H2,1-2H3. The highest BCUT2D eigenvalue weighted by Crippen LogP contribution is 2.17. The van der Waals surface area contributed by atoms with Crippen LogP contribution in [0.2, 0.25) is 0 Å². The maximum Gasteiger partial charge on any atom is -0.0311 e. The van der Waals surface area contributed by atoms with Gasteiger partial charge in [-0.15, -0.1) is 0 Å². The molecule has 0 spiro atoms. The summed E-state index contributed by atoms with van der Waals surface area (Å²) < 4.78 is 0. The van der Waals surface area contributed by atoms with Crippen molar-refractivity contribution in [3.05, 3.63) is 23.8 Å². The molecule has 1 rings (SSSR count). The van der Waals surface area contributed by atoms with Crippen LogP contribution in [0.5, 0.6) is 0 Å². The summed E-state index contributed by atoms with van der Waals surface area (Å²) >= 11 is 0. The molecule has 0 radical (unpaired) electrons. The van der Waals surface area contributed by atoms with E-state index in [1.54, 1.807) is 0 Å². The van der Waals surface area contributed by atoms with Gasteiger partial charge < -0.3 is 0 Å². The van der Waals surface area contributed by atoms with Crippen LogP contribution in [0.4, 0.5) is 0 Å². The van der Waals surface area contributed by atoms with Gasteiger partial charge in [-0.25, -0.2) is 0 Å². The molecular formula is C10H16. The van der Waals surface area contributed by atoms with Crippen LogP contribution in [-0.4, -0.2) is 0 Å². The summed E-state index contributed by atoms with van der Waals surface area (Å²) in [5, 5.41) is 0. The van der Waals surface area contributed by atoms with E-state index >= 15 is 0 Å². The first-order chi connectivity index (χ1) is 4.83. The monoisotopic (exact) mass is 136 g/mol. The van der Waals surface area contributed by atoms with Crippen molar-refractivity contribution in [3.8, 4) is 0 Å². The lowest BCUT2D eigenvalue weighted by Crippen LogP contribution is -1.87. The molecule has 0 saturated carbocycles. The van der Waals surface area contributed by atoms with Crippen molar-refractivity contribution >= 4 is 0 Å². The zero-order valence-electron chi connectivity index (χ0n) is 6.93. The Morgan fingerprint density at radius 2 is 2.30 bits per heavy atom. The predicted octanol–water partition coefficient (Wildman–Crippen LogP) is 3.31. The van der Waals surface area contributed by atoms with Crippen LogP contribution in [0.3, 0.4) is 0 Å². The van der Waals surface area contributed by atoms with Crippen LogP contribution in [0.1, 0.15) is 33.1 Å². The molecule has 56 valence electrons. The molecule has 10 heavy (non-hydrogen) atoms. The molecule has 0 aliphatic heterocycles. The summed E-state index contributed by atoms with van der Waals surface area (Å²) in [6.45, 7) is 4.52. The molecular weight excluding hydrogens is 120 g/mol. The largest absolute Gasteiger partial charge is 0.0840 e. The fourth-order valence-electron chi connectivity index (χ4n) is 1.23. The van der Waals surface area contributed by atoms with E-state index in [2.05, 4.69) is 32.1 Å². The van der Waals surface area contributed by atoms with Crippen molar-refractivity contribution in [2.75, 3.05) is 0 Å². The molecule has 0 heteroatoms. The third-order valence-electron chi connectivity index (χ3n) is 2.06. The summed E-state index contributed by atoms with van der Waals surface area (Å²) in [6.07, 6.45) is 10.6. The molecule has 0 aromatic rings. The number of hydrogen-bond acceptors (Lipinski definition) is 0. The predicted molar refractivity (Wildman–Crippen MR) is 45.9 cm³/mol. The second-order valence-corrected chi connectivity index (χ2v) is 3.11. The van der Waals surface area contributed by atoms with Crippen molar-refractivity contribution < 1.29 is 0 Å². The minimum atomic E-state index is 0.847. The Hall–Kier alpha value is -0.520. The zero-order valence-corrected chi connectivity index (χ0v) is 6.93. The van der Waals surface area contributed by atoms with E-state index in [9.17, 15) is 0 Å².